The van der Waals surface area contributed by atoms with Crippen LogP contribution in [0.1, 0.15) is 20.3 Å². The Bertz CT molecular complexity index is 195. The zero-order chi connectivity index (χ0) is 11.5. The molecule has 5 heteroatoms. The highest BCUT2D eigenvalue weighted by Crippen LogP contribution is 2.07. The molecule has 0 aromatic rings. The smallest absolute Gasteiger partial charge is 0.313 e. The Balaban J connectivity index is 3.37. The fourth-order valence-electron chi connectivity index (χ4n) is 0.872. The van der Waals surface area contributed by atoms with E-state index in [9.17, 15) is 9.59 Å². The lowest BCUT2D eigenvalue weighted by Gasteiger charge is -2.01. The van der Waals surface area contributed by atoms with Crippen LogP contribution in [-0.4, -0.2) is 41.4 Å². The molecule has 15 heavy (non-hydrogen) atoms. The van der Waals surface area contributed by atoms with Gasteiger partial charge < -0.3 is 4.74 Å². The number of carbonyl (C=O) groups is 2. The molecule has 3 nitrogen and oxygen atoms in total. The van der Waals surface area contributed by atoms with Gasteiger partial charge in [-0.1, -0.05) is 6.92 Å². The van der Waals surface area contributed by atoms with E-state index in [0.717, 1.165) is 17.3 Å². The van der Waals surface area contributed by atoms with Crippen molar-refractivity contribution in [3.63, 3.8) is 0 Å². The minimum atomic E-state index is -0.411. The molecule has 0 fully saturated rings. The standard InChI is InChI=1S/C10H18O3S2/c1-3-13-10(12)7-9(11)8-15-6-5-14-4-2/h3-8H2,1-2H3. The van der Waals surface area contributed by atoms with E-state index in [1.807, 2.05) is 11.8 Å². The van der Waals surface area contributed by atoms with Gasteiger partial charge in [-0.05, 0) is 12.7 Å². The lowest BCUT2D eigenvalue weighted by atomic mass is 10.3. The number of hydrogen-bond acceptors (Lipinski definition) is 5. The third kappa shape index (κ3) is 10.1. The molecule has 0 bridgehead atoms. The van der Waals surface area contributed by atoms with Crippen LogP contribution < -0.4 is 0 Å². The average molecular weight is 250 g/mol. The predicted octanol–water partition coefficient (Wildman–Crippen LogP) is 2.00. The number of carbonyl (C=O) groups excluding carboxylic acids is 2. The summed E-state index contributed by atoms with van der Waals surface area (Å²) in [5.41, 5.74) is 0. The largest absolute Gasteiger partial charge is 0.466 e. The van der Waals surface area contributed by atoms with Crippen LogP contribution in [0.2, 0.25) is 0 Å². The molecule has 0 unspecified atom stereocenters. The summed E-state index contributed by atoms with van der Waals surface area (Å²) >= 11 is 3.44. The Morgan fingerprint density at radius 1 is 1.13 bits per heavy atom. The second-order valence-electron chi connectivity index (χ2n) is 2.77. The van der Waals surface area contributed by atoms with Crippen molar-refractivity contribution in [2.45, 2.75) is 20.3 Å². The molecule has 0 saturated carbocycles. The first-order chi connectivity index (χ1) is 7.20. The molecular weight excluding hydrogens is 232 g/mol. The maximum Gasteiger partial charge on any atom is 0.313 e. The van der Waals surface area contributed by atoms with Crippen LogP contribution in [0.4, 0.5) is 0 Å². The third-order valence-electron chi connectivity index (χ3n) is 1.49. The molecule has 0 aliphatic carbocycles. The fraction of sp³-hybridized carbons (Fsp3) is 0.800. The van der Waals surface area contributed by atoms with Crippen molar-refractivity contribution >= 4 is 35.3 Å². The molecule has 0 aliphatic heterocycles. The Kier molecular flexibility index (Phi) is 10.3. The highest BCUT2D eigenvalue weighted by Gasteiger charge is 2.09. The Morgan fingerprint density at radius 3 is 2.40 bits per heavy atom. The molecule has 0 heterocycles. The van der Waals surface area contributed by atoms with Gasteiger partial charge in [0, 0.05) is 11.5 Å². The molecule has 0 aliphatic rings. The van der Waals surface area contributed by atoms with Gasteiger partial charge in [0.2, 0.25) is 0 Å². The highest BCUT2D eigenvalue weighted by atomic mass is 32.2. The Labute approximate surface area is 99.7 Å². The van der Waals surface area contributed by atoms with Crippen molar-refractivity contribution in [2.24, 2.45) is 0 Å². The molecule has 0 radical (unpaired) electrons. The van der Waals surface area contributed by atoms with Crippen LogP contribution in [0.3, 0.4) is 0 Å². The summed E-state index contributed by atoms with van der Waals surface area (Å²) in [6, 6.07) is 0. The van der Waals surface area contributed by atoms with Crippen molar-refractivity contribution in [1.29, 1.82) is 0 Å². The quantitative estimate of drug-likeness (QED) is 0.356. The van der Waals surface area contributed by atoms with Gasteiger partial charge in [0.25, 0.3) is 0 Å². The van der Waals surface area contributed by atoms with Crippen LogP contribution in [0.15, 0.2) is 0 Å². The van der Waals surface area contributed by atoms with Gasteiger partial charge in [-0.25, -0.2) is 0 Å². The van der Waals surface area contributed by atoms with E-state index in [1.165, 1.54) is 0 Å². The maximum atomic E-state index is 11.2. The zero-order valence-corrected chi connectivity index (χ0v) is 10.9. The Morgan fingerprint density at radius 2 is 1.80 bits per heavy atom. The van der Waals surface area contributed by atoms with Gasteiger partial charge in [-0.2, -0.15) is 23.5 Å². The average Bonchev–Trinajstić information content (AvgIpc) is 2.17. The second kappa shape index (κ2) is 10.4. The van der Waals surface area contributed by atoms with Gasteiger partial charge in [0.05, 0.1) is 12.4 Å². The molecule has 0 amide bonds. The van der Waals surface area contributed by atoms with Crippen molar-refractivity contribution in [3.05, 3.63) is 0 Å². The summed E-state index contributed by atoms with van der Waals surface area (Å²) in [6.07, 6.45) is -0.0816. The van der Waals surface area contributed by atoms with Gasteiger partial charge in [-0.3, -0.25) is 9.59 Å². The summed E-state index contributed by atoms with van der Waals surface area (Å²) in [7, 11) is 0. The summed E-state index contributed by atoms with van der Waals surface area (Å²) < 4.78 is 4.68. The molecule has 0 saturated heterocycles. The summed E-state index contributed by atoms with van der Waals surface area (Å²) in [6.45, 7) is 4.19. The van der Waals surface area contributed by atoms with E-state index in [-0.39, 0.29) is 12.2 Å². The van der Waals surface area contributed by atoms with E-state index < -0.39 is 5.97 Å². The van der Waals surface area contributed by atoms with Gasteiger partial charge >= 0.3 is 5.97 Å². The lowest BCUT2D eigenvalue weighted by Crippen LogP contribution is -2.13. The van der Waals surface area contributed by atoms with Crippen LogP contribution in [0.25, 0.3) is 0 Å². The first-order valence-corrected chi connectivity index (χ1v) is 7.34. The van der Waals surface area contributed by atoms with Crippen LogP contribution in [0.5, 0.6) is 0 Å². The summed E-state index contributed by atoms with van der Waals surface area (Å²) in [4.78, 5) is 22.2. The number of thioether (sulfide) groups is 2. The van der Waals surface area contributed by atoms with E-state index >= 15 is 0 Å². The minimum Gasteiger partial charge on any atom is -0.466 e. The first kappa shape index (κ1) is 14.8. The number of ketones is 1. The van der Waals surface area contributed by atoms with Gasteiger partial charge in [0.15, 0.2) is 5.78 Å². The van der Waals surface area contributed by atoms with Gasteiger partial charge in [0.1, 0.15) is 6.42 Å². The molecule has 0 spiro atoms. The Hall–Kier alpha value is -0.160. The molecule has 0 aromatic heterocycles. The number of rotatable bonds is 9. The number of hydrogen-bond donors (Lipinski definition) is 0. The number of ether oxygens (including phenoxy) is 1. The molecule has 88 valence electrons. The van der Waals surface area contributed by atoms with E-state index in [4.69, 9.17) is 0 Å². The molecule has 0 rings (SSSR count). The molecule has 0 aromatic carbocycles. The first-order valence-electron chi connectivity index (χ1n) is 5.03. The van der Waals surface area contributed by atoms with E-state index in [0.29, 0.717) is 12.4 Å². The molecular formula is C10H18O3S2. The van der Waals surface area contributed by atoms with E-state index in [2.05, 4.69) is 11.7 Å². The van der Waals surface area contributed by atoms with E-state index in [1.54, 1.807) is 18.7 Å². The van der Waals surface area contributed by atoms with Crippen LogP contribution in [0, 0.1) is 0 Å². The SMILES string of the molecule is CCOC(=O)CC(=O)CSCCSCC. The number of Topliss-reactive ketones (excluding diaryl/α,β-unsaturated/α-hetero) is 1. The monoisotopic (exact) mass is 250 g/mol. The van der Waals surface area contributed by atoms with Crippen molar-refractivity contribution in [3.8, 4) is 0 Å². The number of esters is 1. The maximum absolute atomic E-state index is 11.2. The fourth-order valence-corrected chi connectivity index (χ4v) is 2.58. The summed E-state index contributed by atoms with van der Waals surface area (Å²) in [5, 5.41) is 0. The summed E-state index contributed by atoms with van der Waals surface area (Å²) in [5.74, 6) is 3.10. The van der Waals surface area contributed by atoms with Crippen molar-refractivity contribution < 1.29 is 14.3 Å². The van der Waals surface area contributed by atoms with Crippen LogP contribution >= 0.6 is 23.5 Å². The zero-order valence-electron chi connectivity index (χ0n) is 9.28. The second-order valence-corrected chi connectivity index (χ2v) is 5.27. The van der Waals surface area contributed by atoms with Gasteiger partial charge in [-0.15, -0.1) is 0 Å². The molecule has 0 atom stereocenters. The lowest BCUT2D eigenvalue weighted by molar-refractivity contribution is -0.145. The third-order valence-corrected chi connectivity index (χ3v) is 3.66. The van der Waals surface area contributed by atoms with Crippen molar-refractivity contribution in [1.82, 2.24) is 0 Å². The minimum absolute atomic E-state index is 0.0417. The normalized spacial score (nSPS) is 10.0. The van der Waals surface area contributed by atoms with Crippen LogP contribution in [-0.2, 0) is 14.3 Å². The topological polar surface area (TPSA) is 43.4 Å². The van der Waals surface area contributed by atoms with Crippen molar-refractivity contribution in [2.75, 3.05) is 29.6 Å². The predicted molar refractivity (Wildman–Crippen MR) is 66.6 cm³/mol. The highest BCUT2D eigenvalue weighted by molar-refractivity contribution is 8.03. The molecule has 0 N–H and O–H groups in total.